The molecule has 2 N–H and O–H groups in total. The summed E-state index contributed by atoms with van der Waals surface area (Å²) < 4.78 is 0. The maximum Gasteiger partial charge on any atom is 0.255 e. The van der Waals surface area contributed by atoms with Gasteiger partial charge in [-0.05, 0) is 27.0 Å². The zero-order chi connectivity index (χ0) is 14.2. The van der Waals surface area contributed by atoms with Crippen molar-refractivity contribution in [3.8, 4) is 0 Å². The molecule has 2 heterocycles. The van der Waals surface area contributed by atoms with Gasteiger partial charge in [-0.15, -0.1) is 0 Å². The van der Waals surface area contributed by atoms with E-state index in [0.717, 1.165) is 6.54 Å². The van der Waals surface area contributed by atoms with Gasteiger partial charge in [0.15, 0.2) is 0 Å². The van der Waals surface area contributed by atoms with Crippen molar-refractivity contribution in [1.29, 1.82) is 0 Å². The van der Waals surface area contributed by atoms with Crippen LogP contribution in [-0.4, -0.2) is 52.9 Å². The fourth-order valence-corrected chi connectivity index (χ4v) is 2.33. The molecule has 0 spiro atoms. The van der Waals surface area contributed by atoms with Crippen LogP contribution < -0.4 is 5.73 Å². The van der Waals surface area contributed by atoms with Crippen LogP contribution in [0.2, 0.25) is 5.02 Å². The molecule has 0 atom stereocenters. The van der Waals surface area contributed by atoms with E-state index in [1.54, 1.807) is 6.07 Å². The van der Waals surface area contributed by atoms with E-state index >= 15 is 0 Å². The van der Waals surface area contributed by atoms with Gasteiger partial charge in [0.1, 0.15) is 5.82 Å². The lowest BCUT2D eigenvalue weighted by molar-refractivity contribution is 0.0311. The Morgan fingerprint density at radius 3 is 2.74 bits per heavy atom. The number of carbonyl (C=O) groups excluding carboxylic acids is 1. The zero-order valence-corrected chi connectivity index (χ0v) is 12.2. The Bertz CT molecular complexity index is 503. The van der Waals surface area contributed by atoms with E-state index in [2.05, 4.69) is 30.8 Å². The van der Waals surface area contributed by atoms with Crippen LogP contribution >= 0.6 is 11.6 Å². The van der Waals surface area contributed by atoms with E-state index in [9.17, 15) is 4.79 Å². The first-order chi connectivity index (χ1) is 8.81. The normalized spacial score (nSPS) is 19.5. The third-order valence-corrected chi connectivity index (χ3v) is 4.02. The third kappa shape index (κ3) is 2.82. The largest absolute Gasteiger partial charge is 0.382 e. The summed E-state index contributed by atoms with van der Waals surface area (Å²) in [5.74, 6) is 0.201. The van der Waals surface area contributed by atoms with Crippen molar-refractivity contribution < 1.29 is 4.79 Å². The summed E-state index contributed by atoms with van der Waals surface area (Å²) in [6.45, 7) is 6.50. The van der Waals surface area contributed by atoms with E-state index in [4.69, 9.17) is 17.3 Å². The van der Waals surface area contributed by atoms with Crippen LogP contribution in [0.5, 0.6) is 0 Å². The quantitative estimate of drug-likeness (QED) is 0.848. The summed E-state index contributed by atoms with van der Waals surface area (Å²) in [7, 11) is 2.07. The Labute approximate surface area is 118 Å². The number of nitrogens with zero attached hydrogens (tertiary/aromatic N) is 3. The van der Waals surface area contributed by atoms with Gasteiger partial charge < -0.3 is 10.6 Å². The number of rotatable bonds is 1. The molecule has 1 aromatic rings. The molecule has 5 nitrogen and oxygen atoms in total. The Hall–Kier alpha value is -1.33. The number of nitrogens with two attached hydrogens (primary N) is 1. The second kappa shape index (κ2) is 4.98. The van der Waals surface area contributed by atoms with Crippen LogP contribution in [0.1, 0.15) is 24.2 Å². The Morgan fingerprint density at radius 2 is 2.16 bits per heavy atom. The number of pyridine rings is 1. The molecule has 0 bridgehead atoms. The fraction of sp³-hybridized carbons (Fsp3) is 0.538. The maximum atomic E-state index is 12.4. The summed E-state index contributed by atoms with van der Waals surface area (Å²) in [4.78, 5) is 20.5. The Kier molecular flexibility index (Phi) is 3.69. The topological polar surface area (TPSA) is 62.5 Å². The van der Waals surface area contributed by atoms with Crippen LogP contribution in [0.25, 0.3) is 0 Å². The van der Waals surface area contributed by atoms with Crippen molar-refractivity contribution in [2.75, 3.05) is 32.4 Å². The Balaban J connectivity index is 2.18. The number of hydrogen-bond donors (Lipinski definition) is 1. The molecule has 1 aliphatic heterocycles. The van der Waals surface area contributed by atoms with Crippen LogP contribution in [0.3, 0.4) is 0 Å². The van der Waals surface area contributed by atoms with Crippen LogP contribution in [0.4, 0.5) is 5.82 Å². The highest BCUT2D eigenvalue weighted by Gasteiger charge is 2.33. The van der Waals surface area contributed by atoms with Gasteiger partial charge in [0.25, 0.3) is 5.91 Å². The summed E-state index contributed by atoms with van der Waals surface area (Å²) in [5, 5.41) is 0.319. The van der Waals surface area contributed by atoms with Gasteiger partial charge in [-0.3, -0.25) is 9.69 Å². The monoisotopic (exact) mass is 282 g/mol. The molecular formula is C13H19ClN4O. The summed E-state index contributed by atoms with van der Waals surface area (Å²) in [5.41, 5.74) is 6.01. The molecule has 0 unspecified atom stereocenters. The molecule has 0 saturated carbocycles. The van der Waals surface area contributed by atoms with Crippen molar-refractivity contribution >= 4 is 23.3 Å². The van der Waals surface area contributed by atoms with Gasteiger partial charge in [0, 0.05) is 31.4 Å². The lowest BCUT2D eigenvalue weighted by Crippen LogP contribution is -2.58. The zero-order valence-electron chi connectivity index (χ0n) is 11.5. The molecule has 1 aliphatic rings. The average Bonchev–Trinajstić information content (AvgIpc) is 2.35. The molecule has 1 amide bonds. The first kappa shape index (κ1) is 14.1. The van der Waals surface area contributed by atoms with Crippen molar-refractivity contribution in [2.45, 2.75) is 19.4 Å². The third-order valence-electron chi connectivity index (χ3n) is 3.72. The summed E-state index contributed by atoms with van der Waals surface area (Å²) in [6, 6.07) is 1.58. The van der Waals surface area contributed by atoms with Gasteiger partial charge in [-0.25, -0.2) is 4.98 Å². The molecular weight excluding hydrogens is 264 g/mol. The van der Waals surface area contributed by atoms with Crippen molar-refractivity contribution in [3.05, 3.63) is 22.8 Å². The van der Waals surface area contributed by atoms with E-state index < -0.39 is 0 Å². The highest BCUT2D eigenvalue weighted by Crippen LogP contribution is 2.22. The van der Waals surface area contributed by atoms with Crippen LogP contribution in [0.15, 0.2) is 12.3 Å². The minimum absolute atomic E-state index is 0.0288. The van der Waals surface area contributed by atoms with Crippen molar-refractivity contribution in [3.63, 3.8) is 0 Å². The van der Waals surface area contributed by atoms with E-state index in [1.807, 2.05) is 4.90 Å². The molecule has 104 valence electrons. The number of hydrogen-bond acceptors (Lipinski definition) is 4. The minimum atomic E-state index is -0.0458. The lowest BCUT2D eigenvalue weighted by Gasteiger charge is -2.45. The first-order valence-electron chi connectivity index (χ1n) is 6.23. The molecule has 1 aromatic heterocycles. The number of anilines is 1. The molecule has 0 aromatic carbocycles. The van der Waals surface area contributed by atoms with E-state index in [-0.39, 0.29) is 17.3 Å². The minimum Gasteiger partial charge on any atom is -0.382 e. The molecule has 19 heavy (non-hydrogen) atoms. The average molecular weight is 283 g/mol. The number of halogens is 1. The predicted octanol–water partition coefficient (Wildman–Crippen LogP) is 1.48. The second-order valence-corrected chi connectivity index (χ2v) is 5.96. The molecule has 1 fully saturated rings. The molecule has 0 radical (unpaired) electrons. The van der Waals surface area contributed by atoms with E-state index in [1.165, 1.54) is 6.20 Å². The number of likely N-dealkylation sites (N-methyl/N-ethyl adjacent to an activating group) is 1. The van der Waals surface area contributed by atoms with Gasteiger partial charge in [-0.2, -0.15) is 0 Å². The van der Waals surface area contributed by atoms with Crippen LogP contribution in [-0.2, 0) is 0 Å². The first-order valence-corrected chi connectivity index (χ1v) is 6.60. The van der Waals surface area contributed by atoms with E-state index in [0.29, 0.717) is 23.7 Å². The van der Waals surface area contributed by atoms with Crippen molar-refractivity contribution in [2.24, 2.45) is 0 Å². The van der Waals surface area contributed by atoms with Gasteiger partial charge in [-0.1, -0.05) is 11.6 Å². The van der Waals surface area contributed by atoms with Gasteiger partial charge in [0.05, 0.1) is 10.6 Å². The van der Waals surface area contributed by atoms with Crippen LogP contribution in [0, 0.1) is 0 Å². The predicted molar refractivity (Wildman–Crippen MR) is 76.3 cm³/mol. The second-order valence-electron chi connectivity index (χ2n) is 5.55. The standard InChI is InChI=1S/C13H19ClN4O/c1-13(2)8-18(5-4-17(13)3)12(19)9-6-10(14)11(15)16-7-9/h6-7H,4-5,8H2,1-3H3,(H2,15,16). The highest BCUT2D eigenvalue weighted by molar-refractivity contribution is 6.33. The SMILES string of the molecule is CN1CCN(C(=O)c2cnc(N)c(Cl)c2)CC1(C)C. The molecule has 2 rings (SSSR count). The van der Waals surface area contributed by atoms with Crippen molar-refractivity contribution in [1.82, 2.24) is 14.8 Å². The molecule has 1 saturated heterocycles. The molecule has 6 heteroatoms. The number of amides is 1. The lowest BCUT2D eigenvalue weighted by atomic mass is 9.99. The highest BCUT2D eigenvalue weighted by atomic mass is 35.5. The number of nitrogen functional groups attached to an aromatic ring is 1. The molecule has 0 aliphatic carbocycles. The smallest absolute Gasteiger partial charge is 0.255 e. The summed E-state index contributed by atoms with van der Waals surface area (Å²) in [6.07, 6.45) is 1.48. The number of carbonyl (C=O) groups is 1. The summed E-state index contributed by atoms with van der Waals surface area (Å²) >= 11 is 5.91. The number of aromatic nitrogens is 1. The number of piperazine rings is 1. The van der Waals surface area contributed by atoms with Gasteiger partial charge >= 0.3 is 0 Å². The fourth-order valence-electron chi connectivity index (χ4n) is 2.16. The Morgan fingerprint density at radius 1 is 1.47 bits per heavy atom. The van der Waals surface area contributed by atoms with Gasteiger partial charge in [0.2, 0.25) is 0 Å². The maximum absolute atomic E-state index is 12.4.